The Kier molecular flexibility index (Phi) is 4.54. The summed E-state index contributed by atoms with van der Waals surface area (Å²) < 4.78 is 32.8. The molecule has 2 fully saturated rings. The lowest BCUT2D eigenvalue weighted by molar-refractivity contribution is -0.0585. The van der Waals surface area contributed by atoms with Crippen molar-refractivity contribution >= 4 is 0 Å². The third kappa shape index (κ3) is 3.45. The Hall–Kier alpha value is -1.82. The number of hydrogen-bond donors (Lipinski definition) is 1. The lowest BCUT2D eigenvalue weighted by Gasteiger charge is -2.36. The Balaban J connectivity index is 1.66. The number of halogens is 2. The predicted octanol–water partition coefficient (Wildman–Crippen LogP) is 3.12. The van der Waals surface area contributed by atoms with Crippen molar-refractivity contribution in [3.05, 3.63) is 71.3 Å². The van der Waals surface area contributed by atoms with Crippen LogP contribution in [0.3, 0.4) is 0 Å². The number of ether oxygens (including phenoxy) is 1. The fourth-order valence-corrected chi connectivity index (χ4v) is 3.97. The number of nitrogens with zero attached hydrogens (tertiary/aromatic N) is 1. The van der Waals surface area contributed by atoms with Crippen LogP contribution in [0.5, 0.6) is 0 Å². The van der Waals surface area contributed by atoms with Crippen molar-refractivity contribution in [1.82, 2.24) is 10.2 Å². The van der Waals surface area contributed by atoms with Gasteiger partial charge in [-0.1, -0.05) is 24.3 Å². The standard InChI is InChI=1S/C20H22F2N2O/c21-17-5-1-15(2-6-17)19(16-3-7-18(22)8-4-16)24-11-9-20(14-24)13-23-10-12-25-20/h1-8,19,23H,9-14H2. The van der Waals surface area contributed by atoms with E-state index >= 15 is 0 Å². The van der Waals surface area contributed by atoms with Crippen molar-refractivity contribution in [2.24, 2.45) is 0 Å². The summed E-state index contributed by atoms with van der Waals surface area (Å²) in [7, 11) is 0. The van der Waals surface area contributed by atoms with Gasteiger partial charge in [0.1, 0.15) is 11.6 Å². The second-order valence-electron chi connectivity index (χ2n) is 6.93. The molecule has 0 saturated carbocycles. The molecule has 4 rings (SSSR count). The number of likely N-dealkylation sites (tertiary alicyclic amines) is 1. The molecular weight excluding hydrogens is 322 g/mol. The van der Waals surface area contributed by atoms with Crippen LogP contribution < -0.4 is 5.32 Å². The quantitative estimate of drug-likeness (QED) is 0.926. The summed E-state index contributed by atoms with van der Waals surface area (Å²) in [4.78, 5) is 2.35. The Bertz CT molecular complexity index is 666. The van der Waals surface area contributed by atoms with Crippen molar-refractivity contribution in [3.63, 3.8) is 0 Å². The first-order valence-corrected chi connectivity index (χ1v) is 8.75. The number of rotatable bonds is 3. The van der Waals surface area contributed by atoms with Crippen molar-refractivity contribution in [2.75, 3.05) is 32.8 Å². The maximum atomic E-state index is 13.4. The van der Waals surface area contributed by atoms with Crippen molar-refractivity contribution in [3.8, 4) is 0 Å². The van der Waals surface area contributed by atoms with Crippen LogP contribution in [-0.4, -0.2) is 43.3 Å². The third-order valence-electron chi connectivity index (χ3n) is 5.22. The first-order valence-electron chi connectivity index (χ1n) is 8.75. The van der Waals surface area contributed by atoms with Crippen LogP contribution in [-0.2, 0) is 4.74 Å². The van der Waals surface area contributed by atoms with Crippen LogP contribution in [0.25, 0.3) is 0 Å². The molecule has 0 amide bonds. The van der Waals surface area contributed by atoms with Gasteiger partial charge >= 0.3 is 0 Å². The second kappa shape index (κ2) is 6.83. The summed E-state index contributed by atoms with van der Waals surface area (Å²) in [6, 6.07) is 13.1. The highest BCUT2D eigenvalue weighted by atomic mass is 19.1. The molecular formula is C20H22F2N2O. The summed E-state index contributed by atoms with van der Waals surface area (Å²) >= 11 is 0. The Morgan fingerprint density at radius 1 is 0.960 bits per heavy atom. The van der Waals surface area contributed by atoms with Crippen molar-refractivity contribution < 1.29 is 13.5 Å². The van der Waals surface area contributed by atoms with E-state index in [0.29, 0.717) is 0 Å². The van der Waals surface area contributed by atoms with Crippen LogP contribution >= 0.6 is 0 Å². The van der Waals surface area contributed by atoms with E-state index in [1.165, 1.54) is 24.3 Å². The minimum atomic E-state index is -0.251. The van der Waals surface area contributed by atoms with Crippen molar-refractivity contribution in [2.45, 2.75) is 18.1 Å². The molecule has 132 valence electrons. The van der Waals surface area contributed by atoms with E-state index < -0.39 is 0 Å². The van der Waals surface area contributed by atoms with Crippen LogP contribution in [0.2, 0.25) is 0 Å². The topological polar surface area (TPSA) is 24.5 Å². The number of nitrogens with one attached hydrogen (secondary N) is 1. The first kappa shape index (κ1) is 16.6. The zero-order valence-corrected chi connectivity index (χ0v) is 14.1. The summed E-state index contributed by atoms with van der Waals surface area (Å²) in [6.45, 7) is 4.16. The van der Waals surface area contributed by atoms with Gasteiger partial charge < -0.3 is 10.1 Å². The van der Waals surface area contributed by atoms with Gasteiger partial charge in [-0.3, -0.25) is 4.90 Å². The van der Waals surface area contributed by atoms with Crippen LogP contribution in [0.4, 0.5) is 8.78 Å². The summed E-state index contributed by atoms with van der Waals surface area (Å²) in [5.41, 5.74) is 1.86. The highest BCUT2D eigenvalue weighted by Gasteiger charge is 2.43. The lowest BCUT2D eigenvalue weighted by atomic mass is 9.96. The van der Waals surface area contributed by atoms with E-state index in [0.717, 1.165) is 50.3 Å². The zero-order valence-electron chi connectivity index (χ0n) is 14.1. The first-order chi connectivity index (χ1) is 12.2. The molecule has 0 radical (unpaired) electrons. The average Bonchev–Trinajstić information content (AvgIpc) is 3.02. The SMILES string of the molecule is Fc1ccc(C(c2ccc(F)cc2)N2CCC3(CNCCO3)C2)cc1. The molecule has 2 aliphatic rings. The minimum absolute atomic E-state index is 0.0360. The van der Waals surface area contributed by atoms with E-state index in [1.807, 2.05) is 24.3 Å². The second-order valence-corrected chi connectivity index (χ2v) is 6.93. The maximum Gasteiger partial charge on any atom is 0.123 e. The molecule has 3 nitrogen and oxygen atoms in total. The molecule has 0 bridgehead atoms. The molecule has 1 unspecified atom stereocenters. The van der Waals surface area contributed by atoms with Gasteiger partial charge in [-0.05, 0) is 41.8 Å². The number of hydrogen-bond acceptors (Lipinski definition) is 3. The zero-order chi connectivity index (χ0) is 17.3. The fourth-order valence-electron chi connectivity index (χ4n) is 3.97. The average molecular weight is 344 g/mol. The molecule has 2 heterocycles. The van der Waals surface area contributed by atoms with E-state index in [2.05, 4.69) is 10.2 Å². The van der Waals surface area contributed by atoms with E-state index in [1.54, 1.807) is 0 Å². The van der Waals surface area contributed by atoms with Gasteiger partial charge in [0, 0.05) is 26.2 Å². The molecule has 1 N–H and O–H groups in total. The van der Waals surface area contributed by atoms with Gasteiger partial charge in [-0.2, -0.15) is 0 Å². The highest BCUT2D eigenvalue weighted by Crippen LogP contribution is 2.36. The monoisotopic (exact) mass is 344 g/mol. The van der Waals surface area contributed by atoms with Gasteiger partial charge in [0.05, 0.1) is 18.2 Å². The summed E-state index contributed by atoms with van der Waals surface area (Å²) in [5.74, 6) is -0.501. The van der Waals surface area contributed by atoms with E-state index in [4.69, 9.17) is 4.74 Å². The smallest absolute Gasteiger partial charge is 0.123 e. The largest absolute Gasteiger partial charge is 0.371 e. The molecule has 1 atom stereocenters. The van der Waals surface area contributed by atoms with Gasteiger partial charge in [0.2, 0.25) is 0 Å². The van der Waals surface area contributed by atoms with Gasteiger partial charge in [-0.25, -0.2) is 8.78 Å². The molecule has 25 heavy (non-hydrogen) atoms. The lowest BCUT2D eigenvalue weighted by Crippen LogP contribution is -2.51. The van der Waals surface area contributed by atoms with Crippen LogP contribution in [0.15, 0.2) is 48.5 Å². The normalized spacial score (nSPS) is 24.3. The van der Waals surface area contributed by atoms with Crippen LogP contribution in [0, 0.1) is 11.6 Å². The highest BCUT2D eigenvalue weighted by molar-refractivity contribution is 5.33. The summed E-state index contributed by atoms with van der Waals surface area (Å²) in [6.07, 6.45) is 0.957. The number of benzene rings is 2. The minimum Gasteiger partial charge on any atom is -0.371 e. The van der Waals surface area contributed by atoms with Crippen molar-refractivity contribution in [1.29, 1.82) is 0 Å². The van der Waals surface area contributed by atoms with E-state index in [-0.39, 0.29) is 23.3 Å². The number of morpholine rings is 1. The third-order valence-corrected chi connectivity index (χ3v) is 5.22. The van der Waals surface area contributed by atoms with E-state index in [9.17, 15) is 8.78 Å². The van der Waals surface area contributed by atoms with Gasteiger partial charge in [-0.15, -0.1) is 0 Å². The van der Waals surface area contributed by atoms with Gasteiger partial charge in [0.15, 0.2) is 0 Å². The molecule has 5 heteroatoms. The summed E-state index contributed by atoms with van der Waals surface area (Å²) in [5, 5.41) is 3.42. The molecule has 1 spiro atoms. The molecule has 2 saturated heterocycles. The molecule has 2 aromatic rings. The molecule has 0 aliphatic carbocycles. The predicted molar refractivity (Wildman–Crippen MR) is 92.4 cm³/mol. The van der Waals surface area contributed by atoms with Gasteiger partial charge in [0.25, 0.3) is 0 Å². The maximum absolute atomic E-state index is 13.4. The molecule has 2 aliphatic heterocycles. The van der Waals surface area contributed by atoms with Crippen LogP contribution in [0.1, 0.15) is 23.6 Å². The Morgan fingerprint density at radius 2 is 1.56 bits per heavy atom. The Morgan fingerprint density at radius 3 is 2.08 bits per heavy atom. The molecule has 2 aromatic carbocycles. The Labute approximate surface area is 146 Å². The molecule has 0 aromatic heterocycles. The fraction of sp³-hybridized carbons (Fsp3) is 0.400.